The van der Waals surface area contributed by atoms with Crippen LogP contribution in [0, 0.1) is 0 Å². The van der Waals surface area contributed by atoms with E-state index in [1.165, 1.54) is 0 Å². The van der Waals surface area contributed by atoms with Gasteiger partial charge < -0.3 is 9.32 Å². The molecule has 2 aromatic heterocycles. The number of amides is 2. The SMILES string of the molecule is CCN(Cc1ccoc1)C(=O)Nc1cc(C(C)(C)C)nn1C(C)(C)C. The van der Waals surface area contributed by atoms with Gasteiger partial charge in [-0.1, -0.05) is 20.8 Å². The number of carbonyl (C=O) groups is 1. The molecule has 2 rings (SSSR count). The molecule has 6 nitrogen and oxygen atoms in total. The first-order valence-corrected chi connectivity index (χ1v) is 8.70. The van der Waals surface area contributed by atoms with Crippen LogP contribution in [0.2, 0.25) is 0 Å². The minimum absolute atomic E-state index is 0.0861. The Morgan fingerprint density at radius 3 is 2.44 bits per heavy atom. The minimum Gasteiger partial charge on any atom is -0.472 e. The summed E-state index contributed by atoms with van der Waals surface area (Å²) >= 11 is 0. The van der Waals surface area contributed by atoms with Crippen LogP contribution in [0.3, 0.4) is 0 Å². The van der Waals surface area contributed by atoms with E-state index in [0.29, 0.717) is 18.9 Å². The lowest BCUT2D eigenvalue weighted by atomic mass is 9.92. The number of hydrogen-bond acceptors (Lipinski definition) is 3. The zero-order valence-corrected chi connectivity index (χ0v) is 16.4. The van der Waals surface area contributed by atoms with E-state index in [1.54, 1.807) is 17.4 Å². The van der Waals surface area contributed by atoms with Crippen LogP contribution in [0.5, 0.6) is 0 Å². The van der Waals surface area contributed by atoms with Gasteiger partial charge in [0.2, 0.25) is 0 Å². The number of urea groups is 1. The van der Waals surface area contributed by atoms with Crippen LogP contribution in [-0.4, -0.2) is 27.3 Å². The summed E-state index contributed by atoms with van der Waals surface area (Å²) in [5.41, 5.74) is 1.61. The van der Waals surface area contributed by atoms with Crippen LogP contribution in [0.1, 0.15) is 59.7 Å². The fraction of sp³-hybridized carbons (Fsp3) is 0.579. The smallest absolute Gasteiger partial charge is 0.323 e. The molecule has 1 N–H and O–H groups in total. The van der Waals surface area contributed by atoms with E-state index in [-0.39, 0.29) is 17.0 Å². The summed E-state index contributed by atoms with van der Waals surface area (Å²) in [5.74, 6) is 0.716. The molecule has 0 spiro atoms. The molecule has 25 heavy (non-hydrogen) atoms. The van der Waals surface area contributed by atoms with Crippen molar-refractivity contribution in [1.82, 2.24) is 14.7 Å². The summed E-state index contributed by atoms with van der Waals surface area (Å²) in [4.78, 5) is 14.5. The first-order valence-electron chi connectivity index (χ1n) is 8.70. The van der Waals surface area contributed by atoms with Gasteiger partial charge in [-0.05, 0) is 33.8 Å². The molecule has 0 bridgehead atoms. The highest BCUT2D eigenvalue weighted by molar-refractivity contribution is 5.88. The molecule has 0 aliphatic heterocycles. The number of furan rings is 1. The second-order valence-corrected chi connectivity index (χ2v) is 8.32. The highest BCUT2D eigenvalue weighted by Crippen LogP contribution is 2.28. The van der Waals surface area contributed by atoms with Gasteiger partial charge in [0.25, 0.3) is 0 Å². The molecule has 2 aromatic rings. The predicted octanol–water partition coefficient (Wildman–Crippen LogP) is 4.58. The van der Waals surface area contributed by atoms with Crippen molar-refractivity contribution in [2.24, 2.45) is 0 Å². The Morgan fingerprint density at radius 1 is 1.28 bits per heavy atom. The lowest BCUT2D eigenvalue weighted by molar-refractivity contribution is 0.211. The monoisotopic (exact) mass is 346 g/mol. The molecule has 0 aliphatic rings. The second kappa shape index (κ2) is 6.94. The number of anilines is 1. The molecule has 2 heterocycles. The van der Waals surface area contributed by atoms with E-state index in [9.17, 15) is 4.79 Å². The van der Waals surface area contributed by atoms with Crippen LogP contribution in [-0.2, 0) is 17.5 Å². The standard InChI is InChI=1S/C19H30N4O2/c1-8-22(12-14-9-10-25-13-14)17(24)20-16-11-15(18(2,3)4)21-23(16)19(5,6)7/h9-11,13H,8,12H2,1-7H3,(H,20,24). The second-order valence-electron chi connectivity index (χ2n) is 8.32. The average Bonchev–Trinajstić information content (AvgIpc) is 3.12. The van der Waals surface area contributed by atoms with E-state index in [0.717, 1.165) is 11.3 Å². The van der Waals surface area contributed by atoms with Crippen molar-refractivity contribution in [2.45, 2.75) is 66.0 Å². The highest BCUT2D eigenvalue weighted by atomic mass is 16.3. The molecule has 0 aromatic carbocycles. The first kappa shape index (κ1) is 19.1. The fourth-order valence-electron chi connectivity index (χ4n) is 2.47. The third-order valence-electron chi connectivity index (χ3n) is 3.97. The summed E-state index contributed by atoms with van der Waals surface area (Å²) in [6.07, 6.45) is 3.28. The van der Waals surface area contributed by atoms with Gasteiger partial charge in [0.1, 0.15) is 5.82 Å². The van der Waals surface area contributed by atoms with Gasteiger partial charge in [-0.15, -0.1) is 0 Å². The minimum atomic E-state index is -0.228. The Labute approximate surface area is 150 Å². The molecule has 0 unspecified atom stereocenters. The van der Waals surface area contributed by atoms with Crippen molar-refractivity contribution >= 4 is 11.8 Å². The zero-order valence-electron chi connectivity index (χ0n) is 16.4. The van der Waals surface area contributed by atoms with Crippen LogP contribution >= 0.6 is 0 Å². The molecule has 0 radical (unpaired) electrons. The van der Waals surface area contributed by atoms with Crippen molar-refractivity contribution in [3.63, 3.8) is 0 Å². The molecule has 138 valence electrons. The van der Waals surface area contributed by atoms with Gasteiger partial charge in [0, 0.05) is 23.6 Å². The first-order chi connectivity index (χ1) is 11.5. The summed E-state index contributed by atoms with van der Waals surface area (Å²) < 4.78 is 6.98. The summed E-state index contributed by atoms with van der Waals surface area (Å²) in [7, 11) is 0. The lowest BCUT2D eigenvalue weighted by Crippen LogP contribution is -2.36. The topological polar surface area (TPSA) is 63.3 Å². The maximum atomic E-state index is 12.8. The summed E-state index contributed by atoms with van der Waals surface area (Å²) in [6.45, 7) is 15.6. The Morgan fingerprint density at radius 2 is 1.96 bits per heavy atom. The largest absolute Gasteiger partial charge is 0.472 e. The van der Waals surface area contributed by atoms with Crippen LogP contribution < -0.4 is 5.32 Å². The van der Waals surface area contributed by atoms with Gasteiger partial charge in [0.15, 0.2) is 0 Å². The van der Waals surface area contributed by atoms with Crippen molar-refractivity contribution in [3.05, 3.63) is 35.9 Å². The van der Waals surface area contributed by atoms with E-state index < -0.39 is 0 Å². The summed E-state index contributed by atoms with van der Waals surface area (Å²) in [5, 5.41) is 7.76. The number of carbonyl (C=O) groups excluding carboxylic acids is 1. The van der Waals surface area contributed by atoms with Crippen molar-refractivity contribution in [1.29, 1.82) is 0 Å². The van der Waals surface area contributed by atoms with Crippen molar-refractivity contribution in [3.8, 4) is 0 Å². The van der Waals surface area contributed by atoms with Gasteiger partial charge in [0.05, 0.1) is 30.3 Å². The van der Waals surface area contributed by atoms with E-state index >= 15 is 0 Å². The van der Waals surface area contributed by atoms with Crippen LogP contribution in [0.15, 0.2) is 29.1 Å². The number of nitrogens with one attached hydrogen (secondary N) is 1. The molecular weight excluding hydrogens is 316 g/mol. The normalized spacial score (nSPS) is 12.3. The average molecular weight is 346 g/mol. The third kappa shape index (κ3) is 4.65. The van der Waals surface area contributed by atoms with Gasteiger partial charge >= 0.3 is 6.03 Å². The Hall–Kier alpha value is -2.24. The Kier molecular flexibility index (Phi) is 5.30. The Bertz CT molecular complexity index is 703. The molecule has 0 saturated carbocycles. The maximum absolute atomic E-state index is 12.8. The van der Waals surface area contributed by atoms with Crippen molar-refractivity contribution < 1.29 is 9.21 Å². The Balaban J connectivity index is 2.25. The molecule has 2 amide bonds. The predicted molar refractivity (Wildman–Crippen MR) is 99.7 cm³/mol. The third-order valence-corrected chi connectivity index (χ3v) is 3.97. The molecular formula is C19H30N4O2. The fourth-order valence-corrected chi connectivity index (χ4v) is 2.47. The van der Waals surface area contributed by atoms with Crippen LogP contribution in [0.4, 0.5) is 10.6 Å². The molecule has 0 aliphatic carbocycles. The highest BCUT2D eigenvalue weighted by Gasteiger charge is 2.26. The van der Waals surface area contributed by atoms with Crippen molar-refractivity contribution in [2.75, 3.05) is 11.9 Å². The number of nitrogens with zero attached hydrogens (tertiary/aromatic N) is 3. The van der Waals surface area contributed by atoms with Gasteiger partial charge in [-0.2, -0.15) is 5.10 Å². The zero-order chi connectivity index (χ0) is 18.8. The number of aromatic nitrogens is 2. The van der Waals surface area contributed by atoms with E-state index in [1.807, 2.05) is 23.7 Å². The molecule has 0 saturated heterocycles. The molecule has 0 atom stereocenters. The lowest BCUT2D eigenvalue weighted by Gasteiger charge is -2.25. The number of rotatable bonds is 4. The van der Waals surface area contributed by atoms with Crippen LogP contribution in [0.25, 0.3) is 0 Å². The van der Waals surface area contributed by atoms with E-state index in [4.69, 9.17) is 9.52 Å². The van der Waals surface area contributed by atoms with E-state index in [2.05, 4.69) is 46.9 Å². The molecule has 6 heteroatoms. The quantitative estimate of drug-likeness (QED) is 0.881. The summed E-state index contributed by atoms with van der Waals surface area (Å²) in [6, 6.07) is 3.69. The number of hydrogen-bond donors (Lipinski definition) is 1. The van der Waals surface area contributed by atoms with Gasteiger partial charge in [-0.25, -0.2) is 9.48 Å². The maximum Gasteiger partial charge on any atom is 0.323 e. The molecule has 0 fully saturated rings. The van der Waals surface area contributed by atoms with Gasteiger partial charge in [-0.3, -0.25) is 5.32 Å².